The summed E-state index contributed by atoms with van der Waals surface area (Å²) < 4.78 is 78.4. The topological polar surface area (TPSA) is 35.2 Å². The summed E-state index contributed by atoms with van der Waals surface area (Å²) >= 11 is 0. The van der Waals surface area contributed by atoms with Crippen LogP contribution < -0.4 is 10.5 Å². The van der Waals surface area contributed by atoms with Gasteiger partial charge in [-0.25, -0.2) is 0 Å². The van der Waals surface area contributed by atoms with Crippen molar-refractivity contribution in [2.45, 2.75) is 12.5 Å². The third kappa shape index (κ3) is 3.84. The highest BCUT2D eigenvalue weighted by Gasteiger charge is 2.33. The highest BCUT2D eigenvalue weighted by molar-refractivity contribution is 5.74. The van der Waals surface area contributed by atoms with Crippen molar-refractivity contribution in [2.75, 3.05) is 5.73 Å². The summed E-state index contributed by atoms with van der Waals surface area (Å²) in [6, 6.07) is 7.07. The van der Waals surface area contributed by atoms with E-state index >= 15 is 0 Å². The Balaban J connectivity index is 2.45. The Morgan fingerprint density at radius 1 is 0.818 bits per heavy atom. The predicted octanol–water partition coefficient (Wildman–Crippen LogP) is 4.85. The van der Waals surface area contributed by atoms with Gasteiger partial charge >= 0.3 is 12.5 Å². The number of halogens is 6. The second-order valence-corrected chi connectivity index (χ2v) is 4.38. The van der Waals surface area contributed by atoms with E-state index in [9.17, 15) is 26.3 Å². The fourth-order valence-corrected chi connectivity index (χ4v) is 1.83. The largest absolute Gasteiger partial charge is 0.573 e. The van der Waals surface area contributed by atoms with E-state index in [1.165, 1.54) is 12.1 Å². The molecule has 2 rings (SSSR count). The molecule has 0 aromatic heterocycles. The molecule has 22 heavy (non-hydrogen) atoms. The van der Waals surface area contributed by atoms with Crippen LogP contribution in [-0.4, -0.2) is 6.36 Å². The number of nitrogens with two attached hydrogens (primary N) is 1. The lowest BCUT2D eigenvalue weighted by Gasteiger charge is -2.14. The molecule has 2 aromatic rings. The van der Waals surface area contributed by atoms with Gasteiger partial charge in [-0.05, 0) is 35.9 Å². The first-order valence-electron chi connectivity index (χ1n) is 5.89. The van der Waals surface area contributed by atoms with E-state index in [2.05, 4.69) is 4.74 Å². The van der Waals surface area contributed by atoms with Crippen molar-refractivity contribution in [3.63, 3.8) is 0 Å². The number of alkyl halides is 6. The second-order valence-electron chi connectivity index (χ2n) is 4.38. The summed E-state index contributed by atoms with van der Waals surface area (Å²) in [5, 5.41) is 0. The molecule has 118 valence electrons. The fourth-order valence-electron chi connectivity index (χ4n) is 1.83. The average molecular weight is 321 g/mol. The predicted molar refractivity (Wildman–Crippen MR) is 68.0 cm³/mol. The molecule has 2 N–H and O–H groups in total. The molecular formula is C14H9F6NO. The van der Waals surface area contributed by atoms with Crippen molar-refractivity contribution >= 4 is 5.69 Å². The Morgan fingerprint density at radius 2 is 1.41 bits per heavy atom. The van der Waals surface area contributed by atoms with Crippen LogP contribution in [0.5, 0.6) is 5.75 Å². The third-order valence-corrected chi connectivity index (χ3v) is 2.75. The smallest absolute Gasteiger partial charge is 0.405 e. The van der Waals surface area contributed by atoms with Gasteiger partial charge in [-0.3, -0.25) is 0 Å². The number of ether oxygens (including phenoxy) is 1. The van der Waals surface area contributed by atoms with Gasteiger partial charge in [0.05, 0.1) is 5.56 Å². The van der Waals surface area contributed by atoms with Gasteiger partial charge in [0.2, 0.25) is 0 Å². The van der Waals surface area contributed by atoms with E-state index in [4.69, 9.17) is 5.73 Å². The molecule has 0 saturated carbocycles. The first-order chi connectivity index (χ1) is 10.1. The monoisotopic (exact) mass is 321 g/mol. The molecule has 2 nitrogen and oxygen atoms in total. The average Bonchev–Trinajstić information content (AvgIpc) is 2.38. The lowest BCUT2D eigenvalue weighted by molar-refractivity contribution is -0.274. The molecule has 0 bridgehead atoms. The Bertz CT molecular complexity index is 661. The first kappa shape index (κ1) is 16.0. The molecule has 8 heteroatoms. The van der Waals surface area contributed by atoms with E-state index in [-0.39, 0.29) is 16.8 Å². The fraction of sp³-hybridized carbons (Fsp3) is 0.143. The van der Waals surface area contributed by atoms with Crippen molar-refractivity contribution in [1.82, 2.24) is 0 Å². The van der Waals surface area contributed by atoms with Gasteiger partial charge < -0.3 is 10.5 Å². The quantitative estimate of drug-likeness (QED) is 0.634. The molecule has 0 unspecified atom stereocenters. The summed E-state index contributed by atoms with van der Waals surface area (Å²) in [4.78, 5) is 0. The first-order valence-corrected chi connectivity index (χ1v) is 5.89. The molecule has 2 aromatic carbocycles. The summed E-state index contributed by atoms with van der Waals surface area (Å²) in [5.41, 5.74) is 4.84. The molecule has 0 atom stereocenters. The molecule has 0 aliphatic heterocycles. The Morgan fingerprint density at radius 3 is 1.91 bits per heavy atom. The van der Waals surface area contributed by atoms with Gasteiger partial charge in [-0.2, -0.15) is 13.2 Å². The van der Waals surface area contributed by atoms with Crippen molar-refractivity contribution in [3.8, 4) is 16.9 Å². The molecule has 0 fully saturated rings. The lowest BCUT2D eigenvalue weighted by atomic mass is 10.0. The molecule has 0 amide bonds. The van der Waals surface area contributed by atoms with E-state index in [1.807, 2.05) is 0 Å². The van der Waals surface area contributed by atoms with Gasteiger partial charge in [0.1, 0.15) is 5.75 Å². The molecule has 0 aliphatic rings. The molecule has 0 heterocycles. The molecule has 0 saturated heterocycles. The lowest BCUT2D eigenvalue weighted by Crippen LogP contribution is -2.17. The van der Waals surface area contributed by atoms with Crippen LogP contribution in [0.2, 0.25) is 0 Å². The number of nitrogen functional groups attached to an aromatic ring is 1. The number of rotatable bonds is 2. The zero-order valence-corrected chi connectivity index (χ0v) is 10.8. The maximum Gasteiger partial charge on any atom is 0.573 e. The number of anilines is 1. The minimum Gasteiger partial charge on any atom is -0.405 e. The van der Waals surface area contributed by atoms with Crippen molar-refractivity contribution in [1.29, 1.82) is 0 Å². The van der Waals surface area contributed by atoms with Crippen molar-refractivity contribution < 1.29 is 31.1 Å². The van der Waals surface area contributed by atoms with E-state index in [0.29, 0.717) is 0 Å². The van der Waals surface area contributed by atoms with Crippen LogP contribution in [0.3, 0.4) is 0 Å². The minimum absolute atomic E-state index is 0.0500. The molecule has 0 radical (unpaired) electrons. The maximum absolute atomic E-state index is 12.5. The summed E-state index contributed by atoms with van der Waals surface area (Å²) in [7, 11) is 0. The number of benzene rings is 2. The number of hydrogen-bond acceptors (Lipinski definition) is 2. The van der Waals surface area contributed by atoms with Gasteiger partial charge in [0, 0.05) is 11.3 Å². The van der Waals surface area contributed by atoms with Gasteiger partial charge in [0.25, 0.3) is 0 Å². The summed E-state index contributed by atoms with van der Waals surface area (Å²) in [6.07, 6.45) is -9.45. The second kappa shape index (κ2) is 5.43. The highest BCUT2D eigenvalue weighted by atomic mass is 19.4. The zero-order valence-electron chi connectivity index (χ0n) is 10.8. The van der Waals surface area contributed by atoms with Gasteiger partial charge in [0.15, 0.2) is 0 Å². The normalized spacial score (nSPS) is 12.3. The van der Waals surface area contributed by atoms with E-state index in [0.717, 1.165) is 30.3 Å². The van der Waals surface area contributed by atoms with E-state index < -0.39 is 23.9 Å². The van der Waals surface area contributed by atoms with Crippen LogP contribution in [0.25, 0.3) is 11.1 Å². The van der Waals surface area contributed by atoms with Crippen LogP contribution in [0.4, 0.5) is 32.0 Å². The Labute approximate surface area is 121 Å². The van der Waals surface area contributed by atoms with Crippen LogP contribution in [-0.2, 0) is 6.18 Å². The van der Waals surface area contributed by atoms with Crippen molar-refractivity contribution in [2.24, 2.45) is 0 Å². The maximum atomic E-state index is 12.5. The van der Waals surface area contributed by atoms with Crippen LogP contribution in [0.1, 0.15) is 5.56 Å². The number of hydrogen-bond donors (Lipinski definition) is 1. The minimum atomic E-state index is -4.92. The van der Waals surface area contributed by atoms with Gasteiger partial charge in [-0.15, -0.1) is 13.2 Å². The molecule has 0 spiro atoms. The SMILES string of the molecule is Nc1ccc(OC(F)(F)F)c(-c2ccc(C(F)(F)F)cc2)c1. The van der Waals surface area contributed by atoms with E-state index in [1.54, 1.807) is 0 Å². The standard InChI is InChI=1S/C14H9F6NO/c15-13(16,17)9-3-1-8(2-4-9)11-7-10(21)5-6-12(11)22-14(18,19)20/h1-7H,21H2. The Hall–Kier alpha value is -2.38. The molecule has 0 aliphatic carbocycles. The van der Waals surface area contributed by atoms with Crippen molar-refractivity contribution in [3.05, 3.63) is 48.0 Å². The summed E-state index contributed by atoms with van der Waals surface area (Å²) in [6.45, 7) is 0. The summed E-state index contributed by atoms with van der Waals surface area (Å²) in [5.74, 6) is -0.540. The van der Waals surface area contributed by atoms with Crippen LogP contribution >= 0.6 is 0 Å². The van der Waals surface area contributed by atoms with Crippen LogP contribution in [0, 0.1) is 0 Å². The third-order valence-electron chi connectivity index (χ3n) is 2.75. The highest BCUT2D eigenvalue weighted by Crippen LogP contribution is 2.37. The molecular weight excluding hydrogens is 312 g/mol. The Kier molecular flexibility index (Phi) is 3.95. The zero-order chi connectivity index (χ0) is 16.5. The van der Waals surface area contributed by atoms with Crippen LogP contribution in [0.15, 0.2) is 42.5 Å². The van der Waals surface area contributed by atoms with Gasteiger partial charge in [-0.1, -0.05) is 12.1 Å².